The van der Waals surface area contributed by atoms with Crippen molar-refractivity contribution in [3.63, 3.8) is 0 Å². The summed E-state index contributed by atoms with van der Waals surface area (Å²) < 4.78 is 10.4. The van der Waals surface area contributed by atoms with Crippen LogP contribution in [0.25, 0.3) is 0 Å². The van der Waals surface area contributed by atoms with Crippen molar-refractivity contribution in [3.8, 4) is 5.75 Å². The fraction of sp³-hybridized carbons (Fsp3) is 0.364. The van der Waals surface area contributed by atoms with Crippen LogP contribution < -0.4 is 10.1 Å². The van der Waals surface area contributed by atoms with E-state index >= 15 is 0 Å². The van der Waals surface area contributed by atoms with Crippen LogP contribution in [0.15, 0.2) is 36.4 Å². The third kappa shape index (κ3) is 5.84. The van der Waals surface area contributed by atoms with Crippen molar-refractivity contribution in [1.82, 2.24) is 0 Å². The second-order valence-corrected chi connectivity index (χ2v) is 6.74. The summed E-state index contributed by atoms with van der Waals surface area (Å²) in [5.74, 6) is 0.0435. The summed E-state index contributed by atoms with van der Waals surface area (Å²) in [6.45, 7) is 7.49. The molecule has 5 heteroatoms. The van der Waals surface area contributed by atoms with Gasteiger partial charge in [-0.05, 0) is 62.9 Å². The summed E-state index contributed by atoms with van der Waals surface area (Å²) in [6.07, 6.45) is -0.0895. The van der Waals surface area contributed by atoms with Crippen LogP contribution in [0.1, 0.15) is 35.6 Å². The number of rotatable bonds is 7. The molecule has 0 saturated carbocycles. The molecule has 0 aliphatic rings. The summed E-state index contributed by atoms with van der Waals surface area (Å²) >= 11 is 0. The van der Waals surface area contributed by atoms with Crippen LogP contribution in [0.5, 0.6) is 5.75 Å². The van der Waals surface area contributed by atoms with Crippen molar-refractivity contribution >= 4 is 17.6 Å². The van der Waals surface area contributed by atoms with Crippen molar-refractivity contribution in [2.75, 3.05) is 12.4 Å². The quantitative estimate of drug-likeness (QED) is 0.746. The lowest BCUT2D eigenvalue weighted by Gasteiger charge is -2.17. The number of carbonyl (C=O) groups excluding carboxylic acids is 2. The molecule has 1 atom stereocenters. The Morgan fingerprint density at radius 3 is 2.19 bits per heavy atom. The van der Waals surface area contributed by atoms with Gasteiger partial charge < -0.3 is 14.8 Å². The van der Waals surface area contributed by atoms with E-state index in [-0.39, 0.29) is 12.3 Å². The number of hydrogen-bond donors (Lipinski definition) is 1. The fourth-order valence-electron chi connectivity index (χ4n) is 2.95. The smallest absolute Gasteiger partial charge is 0.306 e. The first kappa shape index (κ1) is 20.5. The molecule has 0 heterocycles. The monoisotopic (exact) mass is 369 g/mol. The van der Waals surface area contributed by atoms with Crippen LogP contribution in [0.4, 0.5) is 5.69 Å². The maximum absolute atomic E-state index is 12.4. The van der Waals surface area contributed by atoms with Crippen molar-refractivity contribution in [2.24, 2.45) is 0 Å². The molecule has 0 saturated heterocycles. The number of esters is 1. The van der Waals surface area contributed by atoms with Crippen LogP contribution in [0.3, 0.4) is 0 Å². The van der Waals surface area contributed by atoms with E-state index in [4.69, 9.17) is 9.47 Å². The van der Waals surface area contributed by atoms with E-state index in [0.29, 0.717) is 6.42 Å². The van der Waals surface area contributed by atoms with Crippen molar-refractivity contribution in [2.45, 2.75) is 46.6 Å². The van der Waals surface area contributed by atoms with Gasteiger partial charge in [0.15, 0.2) is 6.10 Å². The number of carbonyl (C=O) groups is 2. The highest BCUT2D eigenvalue weighted by molar-refractivity contribution is 5.96. The van der Waals surface area contributed by atoms with Crippen LogP contribution in [0.2, 0.25) is 0 Å². The molecule has 0 bridgehead atoms. The second kappa shape index (κ2) is 9.21. The van der Waals surface area contributed by atoms with Crippen molar-refractivity contribution < 1.29 is 19.1 Å². The first-order chi connectivity index (χ1) is 12.8. The molecular weight excluding hydrogens is 342 g/mol. The minimum atomic E-state index is -0.853. The number of amides is 1. The summed E-state index contributed by atoms with van der Waals surface area (Å²) in [5.41, 5.74) is 4.89. The zero-order valence-corrected chi connectivity index (χ0v) is 16.6. The topological polar surface area (TPSA) is 64.6 Å². The molecule has 0 unspecified atom stereocenters. The third-order valence-electron chi connectivity index (χ3n) is 4.38. The standard InChI is InChI=1S/C22H27NO4/c1-14-12-15(2)21(16(3)13-14)23-22(25)17(4)27-20(24)11-8-18-6-9-19(26-5)10-7-18/h6-7,9-10,12-13,17H,8,11H2,1-5H3,(H,23,25)/t17-/m0/s1. The SMILES string of the molecule is COc1ccc(CCC(=O)O[C@@H](C)C(=O)Nc2c(C)cc(C)cc2C)cc1. The average molecular weight is 369 g/mol. The number of nitrogens with one attached hydrogen (secondary N) is 1. The number of methoxy groups -OCH3 is 1. The summed E-state index contributed by atoms with van der Waals surface area (Å²) in [6, 6.07) is 11.5. The number of anilines is 1. The van der Waals surface area contributed by atoms with E-state index in [0.717, 1.165) is 33.7 Å². The molecule has 1 N–H and O–H groups in total. The molecular formula is C22H27NO4. The van der Waals surface area contributed by atoms with Crippen LogP contribution in [-0.2, 0) is 20.7 Å². The molecule has 2 rings (SSSR count). The van der Waals surface area contributed by atoms with E-state index in [1.54, 1.807) is 14.0 Å². The molecule has 27 heavy (non-hydrogen) atoms. The summed E-state index contributed by atoms with van der Waals surface area (Å²) in [7, 11) is 1.61. The largest absolute Gasteiger partial charge is 0.497 e. The van der Waals surface area contributed by atoms with Gasteiger partial charge in [0.05, 0.1) is 7.11 Å². The number of aryl methyl sites for hydroxylation is 4. The predicted octanol–water partition coefficient (Wildman–Crippen LogP) is 4.12. The lowest BCUT2D eigenvalue weighted by molar-refractivity contribution is -0.153. The number of ether oxygens (including phenoxy) is 2. The molecule has 144 valence electrons. The van der Waals surface area contributed by atoms with Crippen LogP contribution in [0, 0.1) is 20.8 Å². The molecule has 0 fully saturated rings. The first-order valence-corrected chi connectivity index (χ1v) is 9.01. The third-order valence-corrected chi connectivity index (χ3v) is 4.38. The maximum Gasteiger partial charge on any atom is 0.306 e. The van der Waals surface area contributed by atoms with E-state index in [1.165, 1.54) is 0 Å². The Bertz CT molecular complexity index is 789. The highest BCUT2D eigenvalue weighted by Gasteiger charge is 2.19. The maximum atomic E-state index is 12.4. The number of benzene rings is 2. The summed E-state index contributed by atoms with van der Waals surface area (Å²) in [5, 5.41) is 2.87. The predicted molar refractivity (Wildman–Crippen MR) is 106 cm³/mol. The minimum Gasteiger partial charge on any atom is -0.497 e. The normalized spacial score (nSPS) is 11.6. The first-order valence-electron chi connectivity index (χ1n) is 9.01. The average Bonchev–Trinajstić information content (AvgIpc) is 2.63. The van der Waals surface area contributed by atoms with Gasteiger partial charge in [0.1, 0.15) is 5.75 Å². The Morgan fingerprint density at radius 2 is 1.63 bits per heavy atom. The van der Waals surface area contributed by atoms with E-state index in [9.17, 15) is 9.59 Å². The van der Waals surface area contributed by atoms with Crippen molar-refractivity contribution in [1.29, 1.82) is 0 Å². The molecule has 0 aromatic heterocycles. The Labute approximate surface area is 160 Å². The van der Waals surface area contributed by atoms with Gasteiger partial charge in [-0.3, -0.25) is 9.59 Å². The second-order valence-electron chi connectivity index (χ2n) is 6.74. The Balaban J connectivity index is 1.87. The lowest BCUT2D eigenvalue weighted by atomic mass is 10.0. The van der Waals surface area contributed by atoms with Crippen LogP contribution >= 0.6 is 0 Å². The van der Waals surface area contributed by atoms with E-state index in [1.807, 2.05) is 57.2 Å². The fourth-order valence-corrected chi connectivity index (χ4v) is 2.95. The molecule has 2 aromatic carbocycles. The van der Waals surface area contributed by atoms with Gasteiger partial charge in [0.25, 0.3) is 5.91 Å². The van der Waals surface area contributed by atoms with Gasteiger partial charge in [-0.2, -0.15) is 0 Å². The van der Waals surface area contributed by atoms with Gasteiger partial charge in [0, 0.05) is 12.1 Å². The molecule has 1 amide bonds. The lowest BCUT2D eigenvalue weighted by Crippen LogP contribution is -2.30. The zero-order chi connectivity index (χ0) is 20.0. The molecule has 2 aromatic rings. The van der Waals surface area contributed by atoms with Gasteiger partial charge in [-0.1, -0.05) is 29.8 Å². The van der Waals surface area contributed by atoms with E-state index < -0.39 is 12.1 Å². The molecule has 5 nitrogen and oxygen atoms in total. The Hall–Kier alpha value is -2.82. The van der Waals surface area contributed by atoms with Gasteiger partial charge in [-0.25, -0.2) is 0 Å². The molecule has 0 radical (unpaired) electrons. The number of hydrogen-bond acceptors (Lipinski definition) is 4. The molecule has 0 aliphatic carbocycles. The summed E-state index contributed by atoms with van der Waals surface area (Å²) in [4.78, 5) is 24.4. The van der Waals surface area contributed by atoms with Gasteiger partial charge in [-0.15, -0.1) is 0 Å². The Kier molecular flexibility index (Phi) is 6.99. The van der Waals surface area contributed by atoms with E-state index in [2.05, 4.69) is 5.32 Å². The van der Waals surface area contributed by atoms with Crippen LogP contribution in [-0.4, -0.2) is 25.1 Å². The minimum absolute atomic E-state index is 0.215. The Morgan fingerprint density at radius 1 is 1.04 bits per heavy atom. The molecule has 0 spiro atoms. The molecule has 0 aliphatic heterocycles. The highest BCUT2D eigenvalue weighted by Crippen LogP contribution is 2.22. The highest BCUT2D eigenvalue weighted by atomic mass is 16.5. The zero-order valence-electron chi connectivity index (χ0n) is 16.6. The van der Waals surface area contributed by atoms with Crippen molar-refractivity contribution in [3.05, 3.63) is 58.7 Å². The van der Waals surface area contributed by atoms with Gasteiger partial charge in [0.2, 0.25) is 0 Å². The van der Waals surface area contributed by atoms with Gasteiger partial charge >= 0.3 is 5.97 Å².